The van der Waals surface area contributed by atoms with Gasteiger partial charge >= 0.3 is 11.9 Å². The van der Waals surface area contributed by atoms with E-state index in [0.29, 0.717) is 18.4 Å². The van der Waals surface area contributed by atoms with Crippen molar-refractivity contribution in [3.63, 3.8) is 0 Å². The maximum atomic E-state index is 13.0. The van der Waals surface area contributed by atoms with E-state index in [1.54, 1.807) is 12.1 Å². The molecule has 35 heavy (non-hydrogen) atoms. The zero-order chi connectivity index (χ0) is 25.0. The number of aliphatic hydroxyl groups is 1. The normalized spacial score (nSPS) is 24.9. The Morgan fingerprint density at radius 1 is 1.14 bits per heavy atom. The van der Waals surface area contributed by atoms with Crippen molar-refractivity contribution < 1.29 is 24.2 Å². The van der Waals surface area contributed by atoms with Gasteiger partial charge in [0.2, 0.25) is 0 Å². The first-order valence-corrected chi connectivity index (χ1v) is 12.7. The second kappa shape index (κ2) is 10.8. The van der Waals surface area contributed by atoms with E-state index in [9.17, 15) is 14.7 Å². The quantitative estimate of drug-likeness (QED) is 0.357. The van der Waals surface area contributed by atoms with Gasteiger partial charge in [-0.25, -0.2) is 4.79 Å². The van der Waals surface area contributed by atoms with Crippen molar-refractivity contribution in [2.45, 2.75) is 71.2 Å². The van der Waals surface area contributed by atoms with Gasteiger partial charge < -0.3 is 14.6 Å². The summed E-state index contributed by atoms with van der Waals surface area (Å²) in [6, 6.07) is 17.4. The van der Waals surface area contributed by atoms with Crippen molar-refractivity contribution in [2.75, 3.05) is 0 Å². The van der Waals surface area contributed by atoms with Gasteiger partial charge in [0.25, 0.3) is 0 Å². The topological polar surface area (TPSA) is 72.8 Å². The molecule has 1 heterocycles. The molecule has 1 N–H and O–H groups in total. The van der Waals surface area contributed by atoms with E-state index in [4.69, 9.17) is 9.47 Å². The molecule has 0 bridgehead atoms. The maximum Gasteiger partial charge on any atom is 0.338 e. The van der Waals surface area contributed by atoms with Crippen LogP contribution in [-0.4, -0.2) is 35.4 Å². The van der Waals surface area contributed by atoms with E-state index < -0.39 is 12.2 Å². The Bertz CT molecular complexity index is 1040. The zero-order valence-electron chi connectivity index (χ0n) is 20.9. The predicted octanol–water partition coefficient (Wildman–Crippen LogP) is 5.96. The average Bonchev–Trinajstić information content (AvgIpc) is 3.37. The number of carbonyl (C=O) groups is 2. The summed E-state index contributed by atoms with van der Waals surface area (Å²) < 4.78 is 11.4. The molecule has 2 aromatic rings. The van der Waals surface area contributed by atoms with Crippen LogP contribution in [0.2, 0.25) is 0 Å². The zero-order valence-corrected chi connectivity index (χ0v) is 20.9. The molecule has 1 unspecified atom stereocenters. The molecule has 5 atom stereocenters. The number of benzene rings is 2. The largest absolute Gasteiger partial charge is 0.462 e. The lowest BCUT2D eigenvalue weighted by molar-refractivity contribution is -0.141. The third kappa shape index (κ3) is 5.84. The number of ether oxygens (including phenoxy) is 2. The monoisotopic (exact) mass is 476 g/mol. The van der Waals surface area contributed by atoms with Gasteiger partial charge in [0.05, 0.1) is 18.1 Å². The van der Waals surface area contributed by atoms with E-state index in [-0.39, 0.29) is 35.3 Å². The van der Waals surface area contributed by atoms with Crippen molar-refractivity contribution in [2.24, 2.45) is 17.3 Å². The highest BCUT2D eigenvalue weighted by atomic mass is 16.6. The van der Waals surface area contributed by atoms with E-state index in [2.05, 4.69) is 20.8 Å². The van der Waals surface area contributed by atoms with Crippen LogP contribution in [0, 0.1) is 17.3 Å². The molecule has 1 aliphatic carbocycles. The summed E-state index contributed by atoms with van der Waals surface area (Å²) in [7, 11) is 0. The summed E-state index contributed by atoms with van der Waals surface area (Å²) in [6.45, 7) is 6.27. The molecule has 1 aliphatic heterocycles. The molecule has 2 aromatic carbocycles. The fourth-order valence-electron chi connectivity index (χ4n) is 5.20. The van der Waals surface area contributed by atoms with Crippen molar-refractivity contribution in [3.05, 3.63) is 72.3 Å². The summed E-state index contributed by atoms with van der Waals surface area (Å²) >= 11 is 0. The number of aliphatic hydroxyl groups excluding tert-OH is 1. The molecule has 2 fully saturated rings. The Hall–Kier alpha value is -2.92. The Labute approximate surface area is 208 Å². The van der Waals surface area contributed by atoms with Crippen LogP contribution in [-0.2, 0) is 14.3 Å². The molecule has 4 rings (SSSR count). The molecule has 0 aromatic heterocycles. The Morgan fingerprint density at radius 2 is 1.83 bits per heavy atom. The van der Waals surface area contributed by atoms with Crippen LogP contribution in [0.25, 0.3) is 11.1 Å². The van der Waals surface area contributed by atoms with E-state index >= 15 is 0 Å². The molecular weight excluding hydrogens is 440 g/mol. The first-order chi connectivity index (χ1) is 16.8. The molecule has 0 spiro atoms. The van der Waals surface area contributed by atoms with E-state index in [1.807, 2.05) is 54.6 Å². The molecule has 1 saturated carbocycles. The number of fused-ring (bicyclic) bond motifs is 1. The van der Waals surface area contributed by atoms with Gasteiger partial charge in [0.1, 0.15) is 12.2 Å². The minimum Gasteiger partial charge on any atom is -0.462 e. The number of rotatable bonds is 9. The van der Waals surface area contributed by atoms with Gasteiger partial charge in [-0.2, -0.15) is 0 Å². The molecule has 0 radical (unpaired) electrons. The fraction of sp³-hybridized carbons (Fsp3) is 0.467. The number of hydrogen-bond acceptors (Lipinski definition) is 5. The molecule has 5 nitrogen and oxygen atoms in total. The number of esters is 2. The predicted molar refractivity (Wildman–Crippen MR) is 136 cm³/mol. The highest BCUT2D eigenvalue weighted by molar-refractivity contribution is 5.90. The SMILES string of the molecule is CCCCC(C)(C)C(O)C=C[C@@H]1[C@H]2CC(=O)O[C@H]2C[C@H]1OC(=O)c1ccc(-c2ccccc2)cc1. The minimum atomic E-state index is -0.618. The molecule has 1 saturated heterocycles. The standard InChI is InChI=1S/C30H36O5/c1-4-5-17-30(2,3)27(31)16-15-23-24-18-28(32)34-26(24)19-25(23)35-29(33)22-13-11-21(12-14-22)20-9-7-6-8-10-20/h6-16,23-27,31H,4-5,17-19H2,1-3H3/t23-,24-,25-,26+,27?/m1/s1. The van der Waals surface area contributed by atoms with Gasteiger partial charge in [-0.15, -0.1) is 0 Å². The smallest absolute Gasteiger partial charge is 0.338 e. The molecule has 5 heteroatoms. The lowest BCUT2D eigenvalue weighted by Gasteiger charge is -2.29. The maximum absolute atomic E-state index is 13.0. The number of unbranched alkanes of at least 4 members (excludes halogenated alkanes) is 1. The number of hydrogen-bond donors (Lipinski definition) is 1. The Balaban J connectivity index is 1.46. The first-order valence-electron chi connectivity index (χ1n) is 12.7. The lowest BCUT2D eigenvalue weighted by atomic mass is 9.80. The van der Waals surface area contributed by atoms with E-state index in [0.717, 1.165) is 30.4 Å². The van der Waals surface area contributed by atoms with Crippen LogP contribution in [0.4, 0.5) is 0 Å². The van der Waals surface area contributed by atoms with Gasteiger partial charge in [-0.05, 0) is 35.1 Å². The first kappa shape index (κ1) is 25.2. The van der Waals surface area contributed by atoms with Crippen molar-refractivity contribution in [1.29, 1.82) is 0 Å². The minimum absolute atomic E-state index is 0.0389. The Morgan fingerprint density at radius 3 is 2.51 bits per heavy atom. The summed E-state index contributed by atoms with van der Waals surface area (Å²) in [6.07, 6.45) is 6.35. The number of carbonyl (C=O) groups excluding carboxylic acids is 2. The van der Waals surface area contributed by atoms with Crippen LogP contribution in [0.1, 0.15) is 63.2 Å². The second-order valence-electron chi connectivity index (χ2n) is 10.5. The molecule has 2 aliphatic rings. The van der Waals surface area contributed by atoms with Crippen LogP contribution in [0.5, 0.6) is 0 Å². The second-order valence-corrected chi connectivity index (χ2v) is 10.5. The molecule has 0 amide bonds. The summed E-state index contributed by atoms with van der Waals surface area (Å²) in [5, 5.41) is 10.8. The van der Waals surface area contributed by atoms with E-state index in [1.165, 1.54) is 0 Å². The summed E-state index contributed by atoms with van der Waals surface area (Å²) in [5.74, 6) is -0.801. The van der Waals surface area contributed by atoms with Gasteiger partial charge in [-0.3, -0.25) is 4.79 Å². The fourth-order valence-corrected chi connectivity index (χ4v) is 5.20. The van der Waals surface area contributed by atoms with Crippen LogP contribution in [0.3, 0.4) is 0 Å². The third-order valence-electron chi connectivity index (χ3n) is 7.53. The van der Waals surface area contributed by atoms with Crippen molar-refractivity contribution >= 4 is 11.9 Å². The summed E-state index contributed by atoms with van der Waals surface area (Å²) in [4.78, 5) is 24.9. The van der Waals surface area contributed by atoms with Gasteiger partial charge in [0, 0.05) is 18.3 Å². The summed E-state index contributed by atoms with van der Waals surface area (Å²) in [5.41, 5.74) is 2.36. The van der Waals surface area contributed by atoms with Crippen LogP contribution in [0.15, 0.2) is 66.7 Å². The third-order valence-corrected chi connectivity index (χ3v) is 7.53. The highest BCUT2D eigenvalue weighted by Crippen LogP contribution is 2.44. The average molecular weight is 477 g/mol. The molecule has 186 valence electrons. The lowest BCUT2D eigenvalue weighted by Crippen LogP contribution is -2.29. The molecular formula is C30H36O5. The Kier molecular flexibility index (Phi) is 7.75. The van der Waals surface area contributed by atoms with Crippen LogP contribution >= 0.6 is 0 Å². The van der Waals surface area contributed by atoms with Crippen molar-refractivity contribution in [1.82, 2.24) is 0 Å². The highest BCUT2D eigenvalue weighted by Gasteiger charge is 2.50. The van der Waals surface area contributed by atoms with Gasteiger partial charge in [0.15, 0.2) is 0 Å². The van der Waals surface area contributed by atoms with Crippen molar-refractivity contribution in [3.8, 4) is 11.1 Å². The van der Waals surface area contributed by atoms with Gasteiger partial charge in [-0.1, -0.05) is 88.2 Å². The van der Waals surface area contributed by atoms with Crippen LogP contribution < -0.4 is 0 Å².